The summed E-state index contributed by atoms with van der Waals surface area (Å²) in [7, 11) is 5.76. The van der Waals surface area contributed by atoms with E-state index in [0.29, 0.717) is 6.04 Å². The summed E-state index contributed by atoms with van der Waals surface area (Å²) in [4.78, 5) is 4.30. The lowest BCUT2D eigenvalue weighted by atomic mass is 9.89. The lowest BCUT2D eigenvalue weighted by Crippen LogP contribution is -2.50. The van der Waals surface area contributed by atoms with Gasteiger partial charge >= 0.3 is 0 Å². The molecule has 1 N–H and O–H groups in total. The van der Waals surface area contributed by atoms with Crippen molar-refractivity contribution in [2.75, 3.05) is 14.2 Å². The normalized spacial score (nSPS) is 20.6. The molecule has 1 aliphatic carbocycles. The van der Waals surface area contributed by atoms with Crippen molar-refractivity contribution in [3.8, 4) is 0 Å². The van der Waals surface area contributed by atoms with Crippen molar-refractivity contribution in [1.29, 1.82) is 0 Å². The third-order valence-corrected chi connectivity index (χ3v) is 4.03. The van der Waals surface area contributed by atoms with E-state index in [4.69, 9.17) is 4.74 Å². The molecule has 5 heteroatoms. The Bertz CT molecular complexity index is 357. The highest BCUT2D eigenvalue weighted by Crippen LogP contribution is 2.36. The van der Waals surface area contributed by atoms with Crippen molar-refractivity contribution in [3.63, 3.8) is 0 Å². The first kappa shape index (κ1) is 12.5. The van der Waals surface area contributed by atoms with Crippen LogP contribution in [0.25, 0.3) is 0 Å². The Hall–Kier alpha value is -0.940. The van der Waals surface area contributed by atoms with E-state index in [1.165, 1.54) is 12.8 Å². The average molecular weight is 238 g/mol. The standard InChI is InChI=1S/C12H22N4O/c1-13-10(8-11-14-9-15-16(11)2)12(17-3)6-4-5-7-12/h9-10,13H,4-8H2,1-3H3. The molecule has 0 amide bonds. The first-order valence-electron chi connectivity index (χ1n) is 6.27. The molecule has 1 fully saturated rings. The van der Waals surface area contributed by atoms with Crippen molar-refractivity contribution >= 4 is 0 Å². The Morgan fingerprint density at radius 1 is 1.53 bits per heavy atom. The summed E-state index contributed by atoms with van der Waals surface area (Å²) < 4.78 is 7.66. The lowest BCUT2D eigenvalue weighted by Gasteiger charge is -2.36. The van der Waals surface area contributed by atoms with Gasteiger partial charge in [0.05, 0.1) is 5.60 Å². The number of likely N-dealkylation sites (N-methyl/N-ethyl adjacent to an activating group) is 1. The molecule has 0 bridgehead atoms. The number of nitrogens with zero attached hydrogens (tertiary/aromatic N) is 3. The fourth-order valence-corrected chi connectivity index (χ4v) is 2.91. The first-order chi connectivity index (χ1) is 8.22. The second kappa shape index (κ2) is 5.14. The summed E-state index contributed by atoms with van der Waals surface area (Å²) in [6.07, 6.45) is 7.24. The van der Waals surface area contributed by atoms with Crippen LogP contribution in [0.5, 0.6) is 0 Å². The zero-order chi connectivity index (χ0) is 12.3. The van der Waals surface area contributed by atoms with E-state index >= 15 is 0 Å². The lowest BCUT2D eigenvalue weighted by molar-refractivity contribution is -0.0342. The van der Waals surface area contributed by atoms with Gasteiger partial charge in [-0.1, -0.05) is 12.8 Å². The number of nitrogens with one attached hydrogen (secondary N) is 1. The van der Waals surface area contributed by atoms with Crippen LogP contribution >= 0.6 is 0 Å². The molecule has 0 aliphatic heterocycles. The molecule has 1 aromatic rings. The van der Waals surface area contributed by atoms with Crippen LogP contribution in [0.1, 0.15) is 31.5 Å². The second-order valence-electron chi connectivity index (χ2n) is 4.82. The fraction of sp³-hybridized carbons (Fsp3) is 0.833. The minimum atomic E-state index is -0.0271. The highest BCUT2D eigenvalue weighted by Gasteiger charge is 2.41. The average Bonchev–Trinajstić information content (AvgIpc) is 2.96. The van der Waals surface area contributed by atoms with Gasteiger partial charge in [-0.2, -0.15) is 5.10 Å². The number of methoxy groups -OCH3 is 1. The Balaban J connectivity index is 2.13. The molecular formula is C12H22N4O. The molecule has 1 atom stereocenters. The minimum absolute atomic E-state index is 0.0271. The SMILES string of the molecule is CNC(Cc1ncnn1C)C1(OC)CCCC1. The van der Waals surface area contributed by atoms with Gasteiger partial charge in [0.15, 0.2) is 0 Å². The Kier molecular flexibility index (Phi) is 3.79. The number of ether oxygens (including phenoxy) is 1. The maximum Gasteiger partial charge on any atom is 0.138 e. The van der Waals surface area contributed by atoms with Gasteiger partial charge in [0.2, 0.25) is 0 Å². The van der Waals surface area contributed by atoms with Gasteiger partial charge in [0, 0.05) is 26.6 Å². The molecule has 17 heavy (non-hydrogen) atoms. The van der Waals surface area contributed by atoms with Gasteiger partial charge in [-0.15, -0.1) is 0 Å². The molecule has 0 aromatic carbocycles. The highest BCUT2D eigenvalue weighted by molar-refractivity contribution is 5.01. The Morgan fingerprint density at radius 3 is 2.71 bits per heavy atom. The molecule has 1 heterocycles. The zero-order valence-corrected chi connectivity index (χ0v) is 10.9. The molecule has 1 unspecified atom stereocenters. The van der Waals surface area contributed by atoms with E-state index in [1.54, 1.807) is 6.33 Å². The maximum absolute atomic E-state index is 5.82. The van der Waals surface area contributed by atoms with Crippen LogP contribution in [0.2, 0.25) is 0 Å². The van der Waals surface area contributed by atoms with E-state index in [9.17, 15) is 0 Å². The predicted molar refractivity (Wildman–Crippen MR) is 65.8 cm³/mol. The predicted octanol–water partition coefficient (Wildman–Crippen LogP) is 0.905. The van der Waals surface area contributed by atoms with Gasteiger partial charge < -0.3 is 10.1 Å². The van der Waals surface area contributed by atoms with Crippen LogP contribution in [-0.2, 0) is 18.2 Å². The van der Waals surface area contributed by atoms with Crippen molar-refractivity contribution in [2.24, 2.45) is 7.05 Å². The van der Waals surface area contributed by atoms with Crippen LogP contribution in [0, 0.1) is 0 Å². The van der Waals surface area contributed by atoms with E-state index in [0.717, 1.165) is 25.1 Å². The third kappa shape index (κ3) is 2.35. The van der Waals surface area contributed by atoms with E-state index in [1.807, 2.05) is 25.9 Å². The quantitative estimate of drug-likeness (QED) is 0.828. The van der Waals surface area contributed by atoms with E-state index < -0.39 is 0 Å². The summed E-state index contributed by atoms with van der Waals surface area (Å²) in [5, 5.41) is 7.51. The second-order valence-corrected chi connectivity index (χ2v) is 4.82. The molecule has 0 saturated heterocycles. The fourth-order valence-electron chi connectivity index (χ4n) is 2.91. The maximum atomic E-state index is 5.82. The molecule has 1 saturated carbocycles. The molecule has 0 spiro atoms. The Morgan fingerprint density at radius 2 is 2.24 bits per heavy atom. The van der Waals surface area contributed by atoms with Crippen LogP contribution in [-0.4, -0.2) is 40.6 Å². The topological polar surface area (TPSA) is 52.0 Å². The number of aryl methyl sites for hydroxylation is 1. The minimum Gasteiger partial charge on any atom is -0.377 e. The Labute approximate surface area is 103 Å². The molecule has 1 aromatic heterocycles. The van der Waals surface area contributed by atoms with Crippen molar-refractivity contribution in [1.82, 2.24) is 20.1 Å². The van der Waals surface area contributed by atoms with Gasteiger partial charge in [-0.05, 0) is 19.9 Å². The summed E-state index contributed by atoms with van der Waals surface area (Å²) in [5.41, 5.74) is -0.0271. The smallest absolute Gasteiger partial charge is 0.138 e. The molecule has 96 valence electrons. The van der Waals surface area contributed by atoms with Crippen molar-refractivity contribution in [2.45, 2.75) is 43.7 Å². The molecule has 0 radical (unpaired) electrons. The van der Waals surface area contributed by atoms with Crippen LogP contribution in [0.3, 0.4) is 0 Å². The monoisotopic (exact) mass is 238 g/mol. The summed E-state index contributed by atoms with van der Waals surface area (Å²) in [6.45, 7) is 0. The molecule has 2 rings (SSSR count). The highest BCUT2D eigenvalue weighted by atomic mass is 16.5. The number of hydrogen-bond donors (Lipinski definition) is 1. The summed E-state index contributed by atoms with van der Waals surface area (Å²) in [5.74, 6) is 1.01. The largest absolute Gasteiger partial charge is 0.377 e. The van der Waals surface area contributed by atoms with Gasteiger partial charge in [-0.3, -0.25) is 4.68 Å². The molecule has 5 nitrogen and oxygen atoms in total. The third-order valence-electron chi connectivity index (χ3n) is 4.03. The molecule has 1 aliphatic rings. The summed E-state index contributed by atoms with van der Waals surface area (Å²) in [6, 6.07) is 0.304. The van der Waals surface area contributed by atoms with Gasteiger partial charge in [-0.25, -0.2) is 4.98 Å². The molecular weight excluding hydrogens is 216 g/mol. The number of hydrogen-bond acceptors (Lipinski definition) is 4. The van der Waals surface area contributed by atoms with E-state index in [2.05, 4.69) is 15.4 Å². The van der Waals surface area contributed by atoms with Crippen LogP contribution < -0.4 is 5.32 Å². The van der Waals surface area contributed by atoms with Gasteiger partial charge in [0.25, 0.3) is 0 Å². The number of rotatable bonds is 5. The van der Waals surface area contributed by atoms with Gasteiger partial charge in [0.1, 0.15) is 12.2 Å². The van der Waals surface area contributed by atoms with Crippen molar-refractivity contribution in [3.05, 3.63) is 12.2 Å². The first-order valence-corrected chi connectivity index (χ1v) is 6.27. The zero-order valence-electron chi connectivity index (χ0n) is 10.9. The number of aromatic nitrogens is 3. The van der Waals surface area contributed by atoms with E-state index in [-0.39, 0.29) is 5.60 Å². The van der Waals surface area contributed by atoms with Crippen LogP contribution in [0.4, 0.5) is 0 Å². The summed E-state index contributed by atoms with van der Waals surface area (Å²) >= 11 is 0. The van der Waals surface area contributed by atoms with Crippen LogP contribution in [0.15, 0.2) is 6.33 Å². The van der Waals surface area contributed by atoms with Crippen molar-refractivity contribution < 1.29 is 4.74 Å².